The number of ether oxygens (including phenoxy) is 2. The van der Waals surface area contributed by atoms with Crippen LogP contribution in [0.1, 0.15) is 132 Å². The van der Waals surface area contributed by atoms with Crippen LogP contribution in [0, 0.1) is 0 Å². The maximum atomic E-state index is 7.03. The van der Waals surface area contributed by atoms with E-state index in [9.17, 15) is 0 Å². The second-order valence-corrected chi connectivity index (χ2v) is 24.8. The molecule has 0 atom stereocenters. The van der Waals surface area contributed by atoms with Crippen LogP contribution in [0.4, 0.5) is 0 Å². The van der Waals surface area contributed by atoms with Crippen molar-refractivity contribution in [2.75, 3.05) is 0 Å². The van der Waals surface area contributed by atoms with Crippen molar-refractivity contribution in [1.82, 2.24) is 9.13 Å². The third-order valence-electron chi connectivity index (χ3n) is 14.8. The van der Waals surface area contributed by atoms with Crippen LogP contribution in [-0.4, -0.2) is 15.8 Å². The molecule has 2 aliphatic rings. The average molecular weight is 881 g/mol. The van der Waals surface area contributed by atoms with Gasteiger partial charge in [0.1, 0.15) is 23.0 Å². The molecule has 0 saturated heterocycles. The van der Waals surface area contributed by atoms with E-state index >= 15 is 0 Å². The number of hydrogen-bond donors (Lipinski definition) is 0. The number of rotatable bonds is 2. The van der Waals surface area contributed by atoms with E-state index in [1.54, 1.807) is 0 Å². The SMILES string of the molecule is CC(C)(C)c1cc2c3c(c1)Oc1ccc(-n4c5ccc(C(C)(C)C)cc5c5cc(C(C)(C)C)ccc54)cc1B3c1cc(-n3c4ccc(C(C)(C)C)cc4c4cc(C(C)(C)C)ccc43)ccc1O2. The largest absolute Gasteiger partial charge is 0.458 e. The van der Waals surface area contributed by atoms with Gasteiger partial charge in [0.05, 0.1) is 22.1 Å². The van der Waals surface area contributed by atoms with Gasteiger partial charge in [0.25, 0.3) is 6.71 Å². The van der Waals surface area contributed by atoms with Crippen LogP contribution in [0.2, 0.25) is 0 Å². The molecule has 5 heteroatoms. The molecule has 4 heterocycles. The molecule has 0 N–H and O–H groups in total. The van der Waals surface area contributed by atoms with Crippen LogP contribution >= 0.6 is 0 Å². The average Bonchev–Trinajstić information content (AvgIpc) is 3.76. The topological polar surface area (TPSA) is 28.3 Å². The Balaban J connectivity index is 1.15. The summed E-state index contributed by atoms with van der Waals surface area (Å²) in [5.74, 6) is 3.49. The maximum Gasteiger partial charge on any atom is 0.260 e. The first-order valence-corrected chi connectivity index (χ1v) is 24.4. The minimum atomic E-state index is -0.132. The lowest BCUT2D eigenvalue weighted by molar-refractivity contribution is 0.458. The molecule has 11 rings (SSSR count). The van der Waals surface area contributed by atoms with Crippen LogP contribution in [0.5, 0.6) is 23.0 Å². The van der Waals surface area contributed by atoms with E-state index in [0.717, 1.165) is 50.8 Å². The Hall–Kier alpha value is -6.20. The lowest BCUT2D eigenvalue weighted by atomic mass is 9.34. The van der Waals surface area contributed by atoms with Crippen molar-refractivity contribution in [3.63, 3.8) is 0 Å². The van der Waals surface area contributed by atoms with Gasteiger partial charge in [-0.3, -0.25) is 0 Å². The van der Waals surface area contributed by atoms with Crippen molar-refractivity contribution in [3.8, 4) is 34.4 Å². The van der Waals surface area contributed by atoms with Gasteiger partial charge in [-0.1, -0.05) is 128 Å². The predicted octanol–water partition coefficient (Wildman–Crippen LogP) is 15.1. The van der Waals surface area contributed by atoms with Gasteiger partial charge < -0.3 is 18.6 Å². The van der Waals surface area contributed by atoms with Gasteiger partial charge in [0.15, 0.2) is 0 Å². The first kappa shape index (κ1) is 43.4. The lowest BCUT2D eigenvalue weighted by Gasteiger charge is -2.35. The molecule has 0 aliphatic carbocycles. The quantitative estimate of drug-likeness (QED) is 0.162. The Morgan fingerprint density at radius 2 is 0.612 bits per heavy atom. The van der Waals surface area contributed by atoms with Crippen molar-refractivity contribution >= 4 is 66.7 Å². The third-order valence-corrected chi connectivity index (χ3v) is 14.8. The molecule has 2 aliphatic heterocycles. The minimum Gasteiger partial charge on any atom is -0.458 e. The summed E-state index contributed by atoms with van der Waals surface area (Å²) < 4.78 is 19.0. The van der Waals surface area contributed by atoms with E-state index in [1.165, 1.54) is 71.4 Å². The summed E-state index contributed by atoms with van der Waals surface area (Å²) in [6.45, 7) is 34.3. The van der Waals surface area contributed by atoms with Gasteiger partial charge in [-0.2, -0.15) is 0 Å². The number of benzene rings is 7. The normalized spacial score (nSPS) is 14.1. The summed E-state index contributed by atoms with van der Waals surface area (Å²) >= 11 is 0. The van der Waals surface area contributed by atoms with Gasteiger partial charge in [0.2, 0.25) is 0 Å². The molecule has 0 spiro atoms. The van der Waals surface area contributed by atoms with Crippen LogP contribution < -0.4 is 25.9 Å². The Morgan fingerprint density at radius 1 is 0.313 bits per heavy atom. The zero-order valence-electron chi connectivity index (χ0n) is 42.3. The van der Waals surface area contributed by atoms with Crippen molar-refractivity contribution < 1.29 is 9.47 Å². The van der Waals surface area contributed by atoms with Gasteiger partial charge in [-0.25, -0.2) is 0 Å². The highest BCUT2D eigenvalue weighted by Gasteiger charge is 2.42. The molecule has 0 radical (unpaired) electrons. The Labute approximate surface area is 398 Å². The smallest absolute Gasteiger partial charge is 0.260 e. The molecule has 4 nitrogen and oxygen atoms in total. The maximum absolute atomic E-state index is 7.03. The third kappa shape index (κ3) is 6.93. The van der Waals surface area contributed by atoms with Crippen LogP contribution in [0.25, 0.3) is 55.0 Å². The van der Waals surface area contributed by atoms with Crippen LogP contribution in [0.15, 0.2) is 121 Å². The molecular formula is C62H65BN2O2. The van der Waals surface area contributed by atoms with E-state index < -0.39 is 0 Å². The Bertz CT molecular complexity index is 3180. The number of hydrogen-bond acceptors (Lipinski definition) is 2. The first-order valence-electron chi connectivity index (χ1n) is 24.4. The van der Waals surface area contributed by atoms with E-state index in [-0.39, 0.29) is 33.8 Å². The highest BCUT2D eigenvalue weighted by Crippen LogP contribution is 2.43. The molecule has 0 saturated carbocycles. The number of fused-ring (bicyclic) bond motifs is 10. The summed E-state index contributed by atoms with van der Waals surface area (Å²) in [5.41, 5.74) is 16.9. The molecule has 0 amide bonds. The number of nitrogens with zero attached hydrogens (tertiary/aromatic N) is 2. The Kier molecular flexibility index (Phi) is 9.18. The lowest BCUT2D eigenvalue weighted by Crippen LogP contribution is -2.57. The highest BCUT2D eigenvalue weighted by molar-refractivity contribution is 6.98. The fraction of sp³-hybridized carbons (Fsp3) is 0.323. The van der Waals surface area contributed by atoms with Gasteiger partial charge in [-0.05, 0) is 163 Å². The molecule has 9 aromatic rings. The molecule has 0 fully saturated rings. The van der Waals surface area contributed by atoms with Crippen LogP contribution in [0.3, 0.4) is 0 Å². The summed E-state index contributed by atoms with van der Waals surface area (Å²) in [6.07, 6.45) is 0. The fourth-order valence-corrected chi connectivity index (χ4v) is 10.7. The van der Waals surface area contributed by atoms with E-state index in [4.69, 9.17) is 9.47 Å². The predicted molar refractivity (Wildman–Crippen MR) is 286 cm³/mol. The molecule has 67 heavy (non-hydrogen) atoms. The fourth-order valence-electron chi connectivity index (χ4n) is 10.7. The highest BCUT2D eigenvalue weighted by atomic mass is 16.5. The van der Waals surface area contributed by atoms with Crippen LogP contribution in [-0.2, 0) is 27.1 Å². The minimum absolute atomic E-state index is 0.0185. The molecule has 7 aromatic carbocycles. The molecular weight excluding hydrogens is 816 g/mol. The van der Waals surface area contributed by atoms with E-state index in [1.807, 2.05) is 0 Å². The summed E-state index contributed by atoms with van der Waals surface area (Å²) in [7, 11) is 0. The van der Waals surface area contributed by atoms with Gasteiger partial charge >= 0.3 is 0 Å². The monoisotopic (exact) mass is 881 g/mol. The standard InChI is InChI=1S/C62H65BN2O2/c1-58(2,3)36-16-22-49-43(28-36)44-29-37(59(4,5)6)17-23-50(44)64(49)41-20-26-53-47(34-41)63-48-35-42(21-27-54(48)67-56-33-40(62(13,14)15)32-55(66-53)57(56)63)65-51-24-18-38(60(7,8)9)30-45(51)46-31-39(61(10,11)12)19-25-52(46)65/h16-35H,1-15H3. The second kappa shape index (κ2) is 14.2. The first-order chi connectivity index (χ1) is 31.3. The van der Waals surface area contributed by atoms with Crippen molar-refractivity contribution in [1.29, 1.82) is 0 Å². The van der Waals surface area contributed by atoms with Crippen molar-refractivity contribution in [3.05, 3.63) is 149 Å². The van der Waals surface area contributed by atoms with Crippen molar-refractivity contribution in [2.24, 2.45) is 0 Å². The van der Waals surface area contributed by atoms with Gasteiger partial charge in [0, 0.05) is 38.4 Å². The zero-order valence-corrected chi connectivity index (χ0v) is 42.3. The molecule has 0 unspecified atom stereocenters. The molecule has 0 bridgehead atoms. The second-order valence-electron chi connectivity index (χ2n) is 24.8. The van der Waals surface area contributed by atoms with Crippen molar-refractivity contribution in [2.45, 2.75) is 131 Å². The van der Waals surface area contributed by atoms with Gasteiger partial charge in [-0.15, -0.1) is 0 Å². The summed E-state index contributed by atoms with van der Waals surface area (Å²) in [4.78, 5) is 0. The van der Waals surface area contributed by atoms with E-state index in [2.05, 4.69) is 234 Å². The summed E-state index contributed by atoms with van der Waals surface area (Å²) in [5, 5.41) is 5.12. The van der Waals surface area contributed by atoms with E-state index in [0.29, 0.717) is 0 Å². The zero-order chi connectivity index (χ0) is 47.5. The summed E-state index contributed by atoms with van der Waals surface area (Å²) in [6, 6.07) is 46.5. The Morgan fingerprint density at radius 3 is 0.896 bits per heavy atom. The molecule has 2 aromatic heterocycles. The molecule has 338 valence electrons. The number of aromatic nitrogens is 2.